The van der Waals surface area contributed by atoms with E-state index < -0.39 is 0 Å². The van der Waals surface area contributed by atoms with Crippen LogP contribution in [0.15, 0.2) is 24.3 Å². The molecule has 0 heterocycles. The van der Waals surface area contributed by atoms with E-state index in [1.54, 1.807) is 5.56 Å². The van der Waals surface area contributed by atoms with Crippen LogP contribution in [-0.2, 0) is 0 Å². The second-order valence-corrected chi connectivity index (χ2v) is 5.24. The Morgan fingerprint density at radius 1 is 1.31 bits per heavy atom. The molecule has 88 valence electrons. The largest absolute Gasteiger partial charge is 0.310 e. The molecule has 1 aliphatic carbocycles. The molecule has 1 nitrogen and oxygen atoms in total. The van der Waals surface area contributed by atoms with Gasteiger partial charge in [-0.3, -0.25) is 0 Å². The Morgan fingerprint density at radius 3 is 2.69 bits per heavy atom. The maximum Gasteiger partial charge on any atom is 0.0328 e. The number of benzene rings is 1. The van der Waals surface area contributed by atoms with Crippen LogP contribution in [0.25, 0.3) is 0 Å². The SMILES string of the molecule is CCC(C)CNC1CC(C)c2ccccc21. The highest BCUT2D eigenvalue weighted by Crippen LogP contribution is 2.39. The van der Waals surface area contributed by atoms with E-state index in [0.29, 0.717) is 12.0 Å². The highest BCUT2D eigenvalue weighted by atomic mass is 14.9. The first-order valence-corrected chi connectivity index (χ1v) is 6.54. The molecule has 1 N–H and O–H groups in total. The molecule has 1 aromatic carbocycles. The molecule has 1 heteroatoms. The fourth-order valence-electron chi connectivity index (χ4n) is 2.57. The highest BCUT2D eigenvalue weighted by Gasteiger charge is 2.27. The van der Waals surface area contributed by atoms with Gasteiger partial charge in [0.1, 0.15) is 0 Å². The molecule has 0 saturated carbocycles. The summed E-state index contributed by atoms with van der Waals surface area (Å²) in [4.78, 5) is 0. The van der Waals surface area contributed by atoms with Crippen molar-refractivity contribution in [1.82, 2.24) is 5.32 Å². The number of rotatable bonds is 4. The van der Waals surface area contributed by atoms with E-state index in [9.17, 15) is 0 Å². The quantitative estimate of drug-likeness (QED) is 0.807. The number of hydrogen-bond acceptors (Lipinski definition) is 1. The molecule has 0 aliphatic heterocycles. The number of nitrogens with one attached hydrogen (secondary N) is 1. The fraction of sp³-hybridized carbons (Fsp3) is 0.600. The summed E-state index contributed by atoms with van der Waals surface area (Å²) in [6, 6.07) is 9.47. The lowest BCUT2D eigenvalue weighted by atomic mass is 10.0. The Bertz CT molecular complexity index is 345. The molecule has 3 unspecified atom stereocenters. The van der Waals surface area contributed by atoms with Crippen LogP contribution in [0.5, 0.6) is 0 Å². The third-order valence-corrected chi connectivity index (χ3v) is 3.90. The zero-order valence-corrected chi connectivity index (χ0v) is 10.7. The van der Waals surface area contributed by atoms with Crippen molar-refractivity contribution in [2.75, 3.05) is 6.54 Å². The maximum absolute atomic E-state index is 3.72. The second kappa shape index (κ2) is 5.01. The molecule has 0 radical (unpaired) electrons. The van der Waals surface area contributed by atoms with E-state index in [4.69, 9.17) is 0 Å². The van der Waals surface area contributed by atoms with Gasteiger partial charge in [-0.15, -0.1) is 0 Å². The van der Waals surface area contributed by atoms with Crippen LogP contribution in [0.2, 0.25) is 0 Å². The van der Waals surface area contributed by atoms with Gasteiger partial charge in [-0.2, -0.15) is 0 Å². The summed E-state index contributed by atoms with van der Waals surface area (Å²) in [7, 11) is 0. The second-order valence-electron chi connectivity index (χ2n) is 5.24. The molecule has 1 aliphatic rings. The van der Waals surface area contributed by atoms with Gasteiger partial charge in [0.2, 0.25) is 0 Å². The lowest BCUT2D eigenvalue weighted by molar-refractivity contribution is 0.434. The van der Waals surface area contributed by atoms with Crippen LogP contribution in [0, 0.1) is 5.92 Å². The first-order chi connectivity index (χ1) is 7.72. The van der Waals surface area contributed by atoms with Crippen molar-refractivity contribution in [2.24, 2.45) is 5.92 Å². The molecule has 1 aromatic rings. The van der Waals surface area contributed by atoms with Gasteiger partial charge in [0.25, 0.3) is 0 Å². The Hall–Kier alpha value is -0.820. The third kappa shape index (κ3) is 2.30. The lowest BCUT2D eigenvalue weighted by Gasteiger charge is -2.17. The molecular weight excluding hydrogens is 194 g/mol. The van der Waals surface area contributed by atoms with E-state index in [2.05, 4.69) is 50.4 Å². The van der Waals surface area contributed by atoms with Gasteiger partial charge in [0.05, 0.1) is 0 Å². The monoisotopic (exact) mass is 217 g/mol. The van der Waals surface area contributed by atoms with Crippen LogP contribution in [0.1, 0.15) is 56.7 Å². The number of hydrogen-bond donors (Lipinski definition) is 1. The summed E-state index contributed by atoms with van der Waals surface area (Å²) in [6.45, 7) is 8.06. The summed E-state index contributed by atoms with van der Waals surface area (Å²) in [6.07, 6.45) is 2.52. The standard InChI is InChI=1S/C15H23N/c1-4-11(2)10-16-15-9-12(3)13-7-5-6-8-14(13)15/h5-8,11-12,15-16H,4,9-10H2,1-3H3. The van der Waals surface area contributed by atoms with Crippen molar-refractivity contribution in [3.63, 3.8) is 0 Å². The van der Waals surface area contributed by atoms with Gasteiger partial charge >= 0.3 is 0 Å². The average molecular weight is 217 g/mol. The van der Waals surface area contributed by atoms with Crippen molar-refractivity contribution in [3.05, 3.63) is 35.4 Å². The summed E-state index contributed by atoms with van der Waals surface area (Å²) in [5.41, 5.74) is 3.07. The first kappa shape index (κ1) is 11.7. The van der Waals surface area contributed by atoms with Gasteiger partial charge in [-0.25, -0.2) is 0 Å². The van der Waals surface area contributed by atoms with Crippen LogP contribution >= 0.6 is 0 Å². The average Bonchev–Trinajstić information content (AvgIpc) is 2.64. The molecule has 0 spiro atoms. The maximum atomic E-state index is 3.72. The van der Waals surface area contributed by atoms with E-state index in [-0.39, 0.29) is 0 Å². The van der Waals surface area contributed by atoms with Crippen molar-refractivity contribution in [1.29, 1.82) is 0 Å². The minimum atomic E-state index is 0.584. The van der Waals surface area contributed by atoms with Crippen LogP contribution < -0.4 is 5.32 Å². The van der Waals surface area contributed by atoms with E-state index in [1.807, 2.05) is 0 Å². The van der Waals surface area contributed by atoms with Gasteiger partial charge in [-0.1, -0.05) is 51.5 Å². The Balaban J connectivity index is 2.03. The summed E-state index contributed by atoms with van der Waals surface area (Å²) in [5, 5.41) is 3.72. The van der Waals surface area contributed by atoms with Crippen molar-refractivity contribution in [3.8, 4) is 0 Å². The summed E-state index contributed by atoms with van der Waals surface area (Å²) >= 11 is 0. The molecule has 3 atom stereocenters. The van der Waals surface area contributed by atoms with Gasteiger partial charge in [-0.05, 0) is 35.9 Å². The molecule has 0 amide bonds. The minimum Gasteiger partial charge on any atom is -0.310 e. The van der Waals surface area contributed by atoms with E-state index in [1.165, 1.54) is 18.4 Å². The van der Waals surface area contributed by atoms with Crippen molar-refractivity contribution in [2.45, 2.75) is 45.6 Å². The number of fused-ring (bicyclic) bond motifs is 1. The molecule has 0 aromatic heterocycles. The fourth-order valence-corrected chi connectivity index (χ4v) is 2.57. The van der Waals surface area contributed by atoms with E-state index >= 15 is 0 Å². The Labute approximate surface area is 99.3 Å². The predicted molar refractivity (Wildman–Crippen MR) is 69.7 cm³/mol. The normalized spacial score (nSPS) is 25.4. The first-order valence-electron chi connectivity index (χ1n) is 6.54. The Morgan fingerprint density at radius 2 is 2.00 bits per heavy atom. The van der Waals surface area contributed by atoms with Gasteiger partial charge in [0, 0.05) is 6.04 Å². The Kier molecular flexibility index (Phi) is 3.65. The smallest absolute Gasteiger partial charge is 0.0328 e. The summed E-state index contributed by atoms with van der Waals surface area (Å²) < 4.78 is 0. The topological polar surface area (TPSA) is 12.0 Å². The van der Waals surface area contributed by atoms with Crippen LogP contribution in [0.4, 0.5) is 0 Å². The molecule has 0 fully saturated rings. The summed E-state index contributed by atoms with van der Waals surface area (Å²) in [5.74, 6) is 1.49. The van der Waals surface area contributed by atoms with E-state index in [0.717, 1.165) is 12.5 Å². The predicted octanol–water partition coefficient (Wildman–Crippen LogP) is 3.87. The molecule has 2 rings (SSSR count). The van der Waals surface area contributed by atoms with Crippen LogP contribution in [0.3, 0.4) is 0 Å². The molecule has 0 saturated heterocycles. The zero-order chi connectivity index (χ0) is 11.5. The molecular formula is C15H23N. The van der Waals surface area contributed by atoms with Gasteiger partial charge < -0.3 is 5.32 Å². The van der Waals surface area contributed by atoms with Crippen molar-refractivity contribution >= 4 is 0 Å². The van der Waals surface area contributed by atoms with Crippen molar-refractivity contribution < 1.29 is 0 Å². The molecule has 16 heavy (non-hydrogen) atoms. The lowest BCUT2D eigenvalue weighted by Crippen LogP contribution is -2.24. The highest BCUT2D eigenvalue weighted by molar-refractivity contribution is 5.37. The zero-order valence-electron chi connectivity index (χ0n) is 10.7. The third-order valence-electron chi connectivity index (χ3n) is 3.90. The van der Waals surface area contributed by atoms with Crippen LogP contribution in [-0.4, -0.2) is 6.54 Å². The minimum absolute atomic E-state index is 0.584. The molecule has 0 bridgehead atoms. The van der Waals surface area contributed by atoms with Gasteiger partial charge in [0.15, 0.2) is 0 Å².